The highest BCUT2D eigenvalue weighted by Crippen LogP contribution is 2.24. The molecule has 0 radical (unpaired) electrons. The molecule has 5 nitrogen and oxygen atoms in total. The van der Waals surface area contributed by atoms with E-state index in [1.54, 1.807) is 0 Å². The quantitative estimate of drug-likeness (QED) is 0.485. The fraction of sp³-hybridized carbons (Fsp3) is 0.0952. The minimum Gasteiger partial charge on any atom is -0.345 e. The molecular weight excluding hydrogens is 364 g/mol. The molecule has 0 bridgehead atoms. The number of amides is 1. The van der Waals surface area contributed by atoms with Crippen LogP contribution in [-0.2, 0) is 6.42 Å². The van der Waals surface area contributed by atoms with E-state index in [2.05, 4.69) is 5.32 Å². The van der Waals surface area contributed by atoms with Crippen molar-refractivity contribution in [2.45, 2.75) is 12.5 Å². The maximum absolute atomic E-state index is 12.8. The van der Waals surface area contributed by atoms with E-state index in [0.717, 1.165) is 11.1 Å². The highest BCUT2D eigenvalue weighted by atomic mass is 35.5. The van der Waals surface area contributed by atoms with Crippen molar-refractivity contribution in [3.8, 4) is 0 Å². The van der Waals surface area contributed by atoms with E-state index in [9.17, 15) is 14.9 Å². The zero-order chi connectivity index (χ0) is 19.2. The Hall–Kier alpha value is -3.18. The van der Waals surface area contributed by atoms with Crippen molar-refractivity contribution in [1.82, 2.24) is 5.32 Å². The van der Waals surface area contributed by atoms with E-state index >= 15 is 0 Å². The van der Waals surface area contributed by atoms with Crippen LogP contribution in [0.4, 0.5) is 5.69 Å². The first-order valence-corrected chi connectivity index (χ1v) is 8.76. The average Bonchev–Trinajstić information content (AvgIpc) is 2.68. The number of nitro benzene ring substituents is 1. The van der Waals surface area contributed by atoms with Crippen LogP contribution in [0.5, 0.6) is 0 Å². The van der Waals surface area contributed by atoms with Crippen molar-refractivity contribution in [1.29, 1.82) is 0 Å². The predicted molar refractivity (Wildman–Crippen MR) is 105 cm³/mol. The fourth-order valence-electron chi connectivity index (χ4n) is 2.83. The summed E-state index contributed by atoms with van der Waals surface area (Å²) < 4.78 is 0. The molecule has 1 N–H and O–H groups in total. The third kappa shape index (κ3) is 4.71. The Morgan fingerprint density at radius 1 is 1.00 bits per heavy atom. The molecule has 27 heavy (non-hydrogen) atoms. The lowest BCUT2D eigenvalue weighted by Gasteiger charge is -2.20. The predicted octanol–water partition coefficient (Wildman–Crippen LogP) is 4.96. The van der Waals surface area contributed by atoms with Crippen LogP contribution in [0.15, 0.2) is 78.9 Å². The molecule has 0 spiro atoms. The van der Waals surface area contributed by atoms with Gasteiger partial charge in [-0.05, 0) is 23.6 Å². The van der Waals surface area contributed by atoms with E-state index in [-0.39, 0.29) is 28.2 Å². The van der Waals surface area contributed by atoms with Crippen LogP contribution < -0.4 is 5.32 Å². The molecular formula is C21H17ClN2O3. The summed E-state index contributed by atoms with van der Waals surface area (Å²) in [4.78, 5) is 23.1. The van der Waals surface area contributed by atoms with Crippen molar-refractivity contribution >= 4 is 23.2 Å². The zero-order valence-corrected chi connectivity index (χ0v) is 15.1. The molecule has 0 fully saturated rings. The Labute approximate surface area is 161 Å². The Balaban J connectivity index is 1.85. The van der Waals surface area contributed by atoms with Crippen LogP contribution in [0, 0.1) is 10.1 Å². The Morgan fingerprint density at radius 3 is 2.22 bits per heavy atom. The molecule has 0 unspecified atom stereocenters. The van der Waals surface area contributed by atoms with Gasteiger partial charge in [0.25, 0.3) is 11.6 Å². The number of hydrogen-bond acceptors (Lipinski definition) is 3. The molecule has 6 heteroatoms. The molecule has 0 aromatic heterocycles. The number of nitrogens with one attached hydrogen (secondary N) is 1. The van der Waals surface area contributed by atoms with Gasteiger partial charge in [0.15, 0.2) is 0 Å². The molecule has 0 saturated carbocycles. The summed E-state index contributed by atoms with van der Waals surface area (Å²) >= 11 is 6.09. The van der Waals surface area contributed by atoms with Gasteiger partial charge in [-0.3, -0.25) is 14.9 Å². The molecule has 3 aromatic rings. The number of non-ortho nitro benzene ring substituents is 1. The topological polar surface area (TPSA) is 72.2 Å². The highest BCUT2D eigenvalue weighted by Gasteiger charge is 2.19. The molecule has 1 atom stereocenters. The number of nitro groups is 1. The van der Waals surface area contributed by atoms with E-state index < -0.39 is 4.92 Å². The summed E-state index contributed by atoms with van der Waals surface area (Å²) in [6.07, 6.45) is 0.612. The zero-order valence-electron chi connectivity index (χ0n) is 14.3. The molecule has 0 aliphatic rings. The lowest BCUT2D eigenvalue weighted by Crippen LogP contribution is -2.30. The Morgan fingerprint density at radius 2 is 1.63 bits per heavy atom. The van der Waals surface area contributed by atoms with Gasteiger partial charge < -0.3 is 5.32 Å². The van der Waals surface area contributed by atoms with Crippen molar-refractivity contribution in [3.63, 3.8) is 0 Å². The number of hydrogen-bond donors (Lipinski definition) is 1. The monoisotopic (exact) mass is 380 g/mol. The summed E-state index contributed by atoms with van der Waals surface area (Å²) in [6.45, 7) is 0. The number of carbonyl (C=O) groups excluding carboxylic acids is 1. The van der Waals surface area contributed by atoms with E-state index in [0.29, 0.717) is 6.42 Å². The van der Waals surface area contributed by atoms with Crippen molar-refractivity contribution in [2.75, 3.05) is 0 Å². The minimum atomic E-state index is -0.546. The Bertz CT molecular complexity index is 946. The second-order valence-electron chi connectivity index (χ2n) is 6.05. The van der Waals surface area contributed by atoms with Crippen molar-refractivity contribution < 1.29 is 9.72 Å². The van der Waals surface area contributed by atoms with Crippen molar-refractivity contribution in [2.24, 2.45) is 0 Å². The highest BCUT2D eigenvalue weighted by molar-refractivity contribution is 6.34. The summed E-state index contributed by atoms with van der Waals surface area (Å²) in [5.41, 5.74) is 2.10. The number of benzene rings is 3. The molecule has 3 aromatic carbocycles. The van der Waals surface area contributed by atoms with Crippen LogP contribution in [0.3, 0.4) is 0 Å². The molecule has 136 valence electrons. The minimum absolute atomic E-state index is 0.0493. The molecule has 0 heterocycles. The lowest BCUT2D eigenvalue weighted by atomic mass is 9.98. The van der Waals surface area contributed by atoms with Crippen LogP contribution in [-0.4, -0.2) is 10.8 Å². The second-order valence-corrected chi connectivity index (χ2v) is 6.45. The third-order valence-electron chi connectivity index (χ3n) is 4.20. The van der Waals surface area contributed by atoms with Gasteiger partial charge in [-0.25, -0.2) is 0 Å². The molecule has 3 rings (SSSR count). The fourth-order valence-corrected chi connectivity index (χ4v) is 3.09. The summed E-state index contributed by atoms with van der Waals surface area (Å²) in [5.74, 6) is -0.375. The second kappa shape index (κ2) is 8.47. The van der Waals surface area contributed by atoms with E-state index in [4.69, 9.17) is 11.6 Å². The van der Waals surface area contributed by atoms with Gasteiger partial charge in [0.05, 0.1) is 21.6 Å². The Kier molecular flexibility index (Phi) is 5.84. The lowest BCUT2D eigenvalue weighted by molar-refractivity contribution is -0.384. The van der Waals surface area contributed by atoms with Gasteiger partial charge in [-0.2, -0.15) is 0 Å². The van der Waals surface area contributed by atoms with Crippen LogP contribution in [0.2, 0.25) is 5.02 Å². The van der Waals surface area contributed by atoms with E-state index in [1.807, 2.05) is 60.7 Å². The summed E-state index contributed by atoms with van der Waals surface area (Å²) in [7, 11) is 0. The maximum atomic E-state index is 12.8. The standard InChI is InChI=1S/C21H17ClN2O3/c22-19-14-17(24(26)27)11-12-18(19)21(25)23-20(16-9-5-2-6-10-16)13-15-7-3-1-4-8-15/h1-12,14,20H,13H2,(H,23,25)/t20-/m1/s1. The average molecular weight is 381 g/mol. The van der Waals surface area contributed by atoms with Gasteiger partial charge in [-0.1, -0.05) is 72.3 Å². The summed E-state index contributed by atoms with van der Waals surface area (Å²) in [5, 5.41) is 13.9. The number of nitrogens with zero attached hydrogens (tertiary/aromatic N) is 1. The molecule has 0 saturated heterocycles. The van der Waals surface area contributed by atoms with Crippen LogP contribution in [0.25, 0.3) is 0 Å². The van der Waals surface area contributed by atoms with Gasteiger partial charge in [0, 0.05) is 12.1 Å². The van der Waals surface area contributed by atoms with Gasteiger partial charge >= 0.3 is 0 Å². The van der Waals surface area contributed by atoms with Crippen LogP contribution in [0.1, 0.15) is 27.5 Å². The third-order valence-corrected chi connectivity index (χ3v) is 4.51. The smallest absolute Gasteiger partial charge is 0.270 e. The van der Waals surface area contributed by atoms with Crippen LogP contribution >= 0.6 is 11.6 Å². The SMILES string of the molecule is O=C(N[C@H](Cc1ccccc1)c1ccccc1)c1ccc([N+](=O)[O-])cc1Cl. The van der Waals surface area contributed by atoms with Gasteiger partial charge in [0.2, 0.25) is 0 Å². The molecule has 0 aliphatic heterocycles. The first-order valence-electron chi connectivity index (χ1n) is 8.38. The van der Waals surface area contributed by atoms with E-state index in [1.165, 1.54) is 18.2 Å². The van der Waals surface area contributed by atoms with Gasteiger partial charge in [-0.15, -0.1) is 0 Å². The maximum Gasteiger partial charge on any atom is 0.270 e. The number of halogens is 1. The first kappa shape index (κ1) is 18.6. The molecule has 0 aliphatic carbocycles. The largest absolute Gasteiger partial charge is 0.345 e. The number of carbonyl (C=O) groups is 1. The van der Waals surface area contributed by atoms with Gasteiger partial charge in [0.1, 0.15) is 0 Å². The van der Waals surface area contributed by atoms with Crippen molar-refractivity contribution in [3.05, 3.63) is 111 Å². The molecule has 1 amide bonds. The summed E-state index contributed by atoms with van der Waals surface area (Å²) in [6, 6.07) is 23.1. The number of rotatable bonds is 6. The normalized spacial score (nSPS) is 11.6. The first-order chi connectivity index (χ1) is 13.0.